The summed E-state index contributed by atoms with van der Waals surface area (Å²) < 4.78 is 0. The molecule has 6 nitrogen and oxygen atoms in total. The van der Waals surface area contributed by atoms with Gasteiger partial charge in [0.25, 0.3) is 5.69 Å². The van der Waals surface area contributed by atoms with E-state index >= 15 is 0 Å². The monoisotopic (exact) mass is 418 g/mol. The molecule has 2 aromatic carbocycles. The number of nitro groups is 1. The molecule has 0 aliphatic heterocycles. The van der Waals surface area contributed by atoms with Crippen molar-refractivity contribution in [2.75, 3.05) is 19.6 Å². The molecule has 3 rings (SSSR count). The first-order valence-electron chi connectivity index (χ1n) is 8.81. The molecule has 8 heteroatoms. The molecule has 0 unspecified atom stereocenters. The SMILES string of the molecule is Cl.NCCN(CCc1ccccc1)Cc1csc(-c2cccc([N+](=O)[O-])c2)n1. The van der Waals surface area contributed by atoms with Crippen molar-refractivity contribution in [2.45, 2.75) is 13.0 Å². The number of nitrogens with two attached hydrogens (primary N) is 1. The van der Waals surface area contributed by atoms with Gasteiger partial charge in [0.1, 0.15) is 5.01 Å². The zero-order valence-corrected chi connectivity index (χ0v) is 17.0. The van der Waals surface area contributed by atoms with Crippen LogP contribution in [0.25, 0.3) is 10.6 Å². The van der Waals surface area contributed by atoms with E-state index in [0.717, 1.165) is 42.3 Å². The Balaban J connectivity index is 0.00000280. The number of hydrogen-bond acceptors (Lipinski definition) is 6. The highest BCUT2D eigenvalue weighted by Gasteiger charge is 2.12. The fourth-order valence-corrected chi connectivity index (χ4v) is 3.69. The molecule has 3 aromatic rings. The van der Waals surface area contributed by atoms with Crippen LogP contribution in [0.3, 0.4) is 0 Å². The molecular formula is C20H23ClN4O2S. The van der Waals surface area contributed by atoms with E-state index < -0.39 is 0 Å². The number of thiazole rings is 1. The molecule has 0 bridgehead atoms. The van der Waals surface area contributed by atoms with Crippen LogP contribution in [0.15, 0.2) is 60.0 Å². The smallest absolute Gasteiger partial charge is 0.270 e. The number of halogens is 1. The summed E-state index contributed by atoms with van der Waals surface area (Å²) in [7, 11) is 0. The Kier molecular flexibility index (Phi) is 8.53. The van der Waals surface area contributed by atoms with Crippen molar-refractivity contribution >= 4 is 29.4 Å². The van der Waals surface area contributed by atoms with Crippen LogP contribution in [0.5, 0.6) is 0 Å². The quantitative estimate of drug-likeness (QED) is 0.417. The summed E-state index contributed by atoms with van der Waals surface area (Å²) in [6.07, 6.45) is 0.961. The molecule has 148 valence electrons. The Morgan fingerprint density at radius 1 is 1.11 bits per heavy atom. The van der Waals surface area contributed by atoms with Crippen LogP contribution in [0.1, 0.15) is 11.3 Å². The number of rotatable bonds is 9. The molecule has 0 aliphatic carbocycles. The summed E-state index contributed by atoms with van der Waals surface area (Å²) in [6.45, 7) is 3.02. The zero-order valence-electron chi connectivity index (χ0n) is 15.4. The van der Waals surface area contributed by atoms with E-state index in [9.17, 15) is 10.1 Å². The van der Waals surface area contributed by atoms with Gasteiger partial charge in [-0.3, -0.25) is 15.0 Å². The summed E-state index contributed by atoms with van der Waals surface area (Å²) in [5, 5.41) is 13.8. The maximum Gasteiger partial charge on any atom is 0.270 e. The van der Waals surface area contributed by atoms with Gasteiger partial charge in [0.2, 0.25) is 0 Å². The number of non-ortho nitro benzene ring substituents is 1. The minimum atomic E-state index is -0.384. The highest BCUT2D eigenvalue weighted by atomic mass is 35.5. The van der Waals surface area contributed by atoms with E-state index in [2.05, 4.69) is 22.0 Å². The van der Waals surface area contributed by atoms with Crippen molar-refractivity contribution in [1.29, 1.82) is 0 Å². The third-order valence-electron chi connectivity index (χ3n) is 4.25. The highest BCUT2D eigenvalue weighted by molar-refractivity contribution is 7.13. The van der Waals surface area contributed by atoms with Crippen LogP contribution >= 0.6 is 23.7 Å². The van der Waals surface area contributed by atoms with Gasteiger partial charge in [-0.1, -0.05) is 42.5 Å². The second kappa shape index (κ2) is 10.9. The van der Waals surface area contributed by atoms with Gasteiger partial charge in [-0.2, -0.15) is 0 Å². The summed E-state index contributed by atoms with van der Waals surface area (Å²) >= 11 is 1.51. The van der Waals surface area contributed by atoms with Crippen molar-refractivity contribution in [3.8, 4) is 10.6 Å². The van der Waals surface area contributed by atoms with Crippen molar-refractivity contribution in [3.05, 3.63) is 81.3 Å². The van der Waals surface area contributed by atoms with Crippen molar-refractivity contribution in [2.24, 2.45) is 5.73 Å². The van der Waals surface area contributed by atoms with Gasteiger partial charge in [-0.05, 0) is 12.0 Å². The van der Waals surface area contributed by atoms with Gasteiger partial charge >= 0.3 is 0 Å². The Morgan fingerprint density at radius 2 is 1.89 bits per heavy atom. The topological polar surface area (TPSA) is 85.3 Å². The van der Waals surface area contributed by atoms with Gasteiger partial charge in [-0.15, -0.1) is 23.7 Å². The standard InChI is InChI=1S/C20H22N4O2S.ClH/c21-10-12-23(11-9-16-5-2-1-3-6-16)14-18-15-27-20(22-18)17-7-4-8-19(13-17)24(25)26;/h1-8,13,15H,9-12,14,21H2;1H. The van der Waals surface area contributed by atoms with Crippen LogP contribution in [0.4, 0.5) is 5.69 Å². The predicted molar refractivity (Wildman–Crippen MR) is 116 cm³/mol. The van der Waals surface area contributed by atoms with Crippen LogP contribution < -0.4 is 5.73 Å². The average molecular weight is 419 g/mol. The molecule has 1 aromatic heterocycles. The van der Waals surface area contributed by atoms with E-state index in [1.165, 1.54) is 23.0 Å². The molecule has 28 heavy (non-hydrogen) atoms. The maximum atomic E-state index is 11.0. The normalized spacial score (nSPS) is 10.6. The third-order valence-corrected chi connectivity index (χ3v) is 5.19. The van der Waals surface area contributed by atoms with Crippen molar-refractivity contribution < 1.29 is 4.92 Å². The molecule has 0 saturated heterocycles. The number of aromatic nitrogens is 1. The van der Waals surface area contributed by atoms with Gasteiger partial charge in [-0.25, -0.2) is 4.98 Å². The van der Waals surface area contributed by atoms with Crippen LogP contribution in [-0.4, -0.2) is 34.4 Å². The molecule has 0 spiro atoms. The van der Waals surface area contributed by atoms with Crippen LogP contribution in [0.2, 0.25) is 0 Å². The molecule has 2 N–H and O–H groups in total. The van der Waals surface area contributed by atoms with Gasteiger partial charge in [0.15, 0.2) is 0 Å². The fraction of sp³-hybridized carbons (Fsp3) is 0.250. The molecule has 1 heterocycles. The first-order chi connectivity index (χ1) is 13.2. The Labute approximate surface area is 174 Å². The Bertz CT molecular complexity index is 889. The van der Waals surface area contributed by atoms with Gasteiger partial charge in [0, 0.05) is 49.3 Å². The van der Waals surface area contributed by atoms with E-state index in [0.29, 0.717) is 6.54 Å². The van der Waals surface area contributed by atoms with Gasteiger partial charge < -0.3 is 5.73 Å². The molecule has 0 amide bonds. The van der Waals surface area contributed by atoms with E-state index in [-0.39, 0.29) is 23.0 Å². The summed E-state index contributed by atoms with van der Waals surface area (Å²) in [6, 6.07) is 17.0. The molecular weight excluding hydrogens is 396 g/mol. The second-order valence-electron chi connectivity index (χ2n) is 6.25. The number of benzene rings is 2. The second-order valence-corrected chi connectivity index (χ2v) is 7.11. The lowest BCUT2D eigenvalue weighted by atomic mass is 10.1. The number of hydrogen-bond donors (Lipinski definition) is 1. The summed E-state index contributed by atoms with van der Waals surface area (Å²) in [5.74, 6) is 0. The zero-order chi connectivity index (χ0) is 19.1. The molecule has 0 fully saturated rings. The van der Waals surface area contributed by atoms with E-state index in [4.69, 9.17) is 5.73 Å². The molecule has 0 radical (unpaired) electrons. The minimum absolute atomic E-state index is 0. The Morgan fingerprint density at radius 3 is 2.61 bits per heavy atom. The minimum Gasteiger partial charge on any atom is -0.329 e. The van der Waals surface area contributed by atoms with E-state index in [1.807, 2.05) is 29.6 Å². The fourth-order valence-electron chi connectivity index (χ4n) is 2.88. The Hall–Kier alpha value is -2.32. The molecule has 0 atom stereocenters. The predicted octanol–water partition coefficient (Wildman–Crippen LogP) is 4.14. The highest BCUT2D eigenvalue weighted by Crippen LogP contribution is 2.27. The van der Waals surface area contributed by atoms with E-state index in [1.54, 1.807) is 12.1 Å². The van der Waals surface area contributed by atoms with Crippen LogP contribution in [0, 0.1) is 10.1 Å². The average Bonchev–Trinajstić information content (AvgIpc) is 3.16. The van der Waals surface area contributed by atoms with Gasteiger partial charge in [0.05, 0.1) is 10.6 Å². The molecule has 0 saturated carbocycles. The first kappa shape index (κ1) is 22.0. The molecule has 0 aliphatic rings. The summed E-state index contributed by atoms with van der Waals surface area (Å²) in [4.78, 5) is 17.5. The van der Waals surface area contributed by atoms with Crippen molar-refractivity contribution in [3.63, 3.8) is 0 Å². The maximum absolute atomic E-state index is 11.0. The lowest BCUT2D eigenvalue weighted by Gasteiger charge is -2.20. The third kappa shape index (κ3) is 6.10. The summed E-state index contributed by atoms with van der Waals surface area (Å²) in [5.41, 5.74) is 8.89. The lowest BCUT2D eigenvalue weighted by molar-refractivity contribution is -0.384. The van der Waals surface area contributed by atoms with Crippen LogP contribution in [-0.2, 0) is 13.0 Å². The number of nitrogens with zero attached hydrogens (tertiary/aromatic N) is 3. The first-order valence-corrected chi connectivity index (χ1v) is 9.69. The largest absolute Gasteiger partial charge is 0.329 e. The van der Waals surface area contributed by atoms with Crippen molar-refractivity contribution in [1.82, 2.24) is 9.88 Å². The number of nitro benzene ring substituents is 1. The lowest BCUT2D eigenvalue weighted by Crippen LogP contribution is -2.31.